The van der Waals surface area contributed by atoms with Crippen LogP contribution in [-0.4, -0.2) is 35.8 Å². The first-order valence-corrected chi connectivity index (χ1v) is 7.77. The van der Waals surface area contributed by atoms with Gasteiger partial charge in [-0.25, -0.2) is 23.1 Å². The van der Waals surface area contributed by atoms with Crippen LogP contribution >= 0.6 is 15.9 Å². The molecular formula is C9H12BrN5O2S. The Balaban J connectivity index is 2.25. The Morgan fingerprint density at radius 2 is 2.28 bits per heavy atom. The minimum Gasteiger partial charge on any atom is -0.369 e. The number of hydrogen-bond donors (Lipinski definition) is 2. The van der Waals surface area contributed by atoms with E-state index >= 15 is 0 Å². The Morgan fingerprint density at radius 1 is 1.56 bits per heavy atom. The number of nitrogen functional groups attached to an aromatic ring is 1. The predicted octanol–water partition coefficient (Wildman–Crippen LogP) is 0.325. The summed E-state index contributed by atoms with van der Waals surface area (Å²) in [5.41, 5.74) is 7.07. The number of aromatic nitrogens is 3. The maximum Gasteiger partial charge on any atom is 0.208 e. The van der Waals surface area contributed by atoms with E-state index in [9.17, 15) is 8.42 Å². The smallest absolute Gasteiger partial charge is 0.208 e. The van der Waals surface area contributed by atoms with Gasteiger partial charge < -0.3 is 5.73 Å². The molecule has 2 rings (SSSR count). The average molecular weight is 334 g/mol. The highest BCUT2D eigenvalue weighted by Crippen LogP contribution is 2.19. The SMILES string of the molecule is CS(=O)(=O)NCCn1c(N)nc2cc(Br)cnc21. The van der Waals surface area contributed by atoms with Crippen LogP contribution in [0.2, 0.25) is 0 Å². The van der Waals surface area contributed by atoms with Crippen LogP contribution in [0.4, 0.5) is 5.95 Å². The molecule has 18 heavy (non-hydrogen) atoms. The Hall–Kier alpha value is -1.19. The van der Waals surface area contributed by atoms with Gasteiger partial charge in [0, 0.05) is 23.8 Å². The molecule has 2 aromatic heterocycles. The van der Waals surface area contributed by atoms with Crippen LogP contribution in [0.1, 0.15) is 0 Å². The van der Waals surface area contributed by atoms with Crippen LogP contribution in [0, 0.1) is 0 Å². The Bertz CT molecular complexity index is 682. The monoisotopic (exact) mass is 333 g/mol. The van der Waals surface area contributed by atoms with Crippen LogP contribution in [0.25, 0.3) is 11.2 Å². The average Bonchev–Trinajstić information content (AvgIpc) is 2.52. The molecule has 0 bridgehead atoms. The van der Waals surface area contributed by atoms with Gasteiger partial charge in [-0.3, -0.25) is 4.57 Å². The number of halogens is 1. The molecule has 7 nitrogen and oxygen atoms in total. The van der Waals surface area contributed by atoms with Gasteiger partial charge in [-0.2, -0.15) is 0 Å². The molecule has 0 saturated heterocycles. The lowest BCUT2D eigenvalue weighted by molar-refractivity contribution is 0.580. The van der Waals surface area contributed by atoms with E-state index in [0.717, 1.165) is 10.7 Å². The van der Waals surface area contributed by atoms with E-state index in [1.54, 1.807) is 16.8 Å². The molecule has 0 spiro atoms. The molecular weight excluding hydrogens is 322 g/mol. The summed E-state index contributed by atoms with van der Waals surface area (Å²) >= 11 is 3.30. The zero-order chi connectivity index (χ0) is 13.3. The fourth-order valence-electron chi connectivity index (χ4n) is 1.57. The lowest BCUT2D eigenvalue weighted by Crippen LogP contribution is -2.26. The van der Waals surface area contributed by atoms with Crippen LogP contribution in [-0.2, 0) is 16.6 Å². The van der Waals surface area contributed by atoms with Crippen molar-refractivity contribution in [3.63, 3.8) is 0 Å². The summed E-state index contributed by atoms with van der Waals surface area (Å²) in [6, 6.07) is 1.80. The Morgan fingerprint density at radius 3 is 2.94 bits per heavy atom. The number of imidazole rings is 1. The quantitative estimate of drug-likeness (QED) is 0.838. The molecule has 0 aromatic carbocycles. The van der Waals surface area contributed by atoms with Crippen molar-refractivity contribution in [2.24, 2.45) is 0 Å². The summed E-state index contributed by atoms with van der Waals surface area (Å²) in [7, 11) is -3.20. The Kier molecular flexibility index (Phi) is 3.55. The first-order chi connectivity index (χ1) is 8.37. The predicted molar refractivity (Wildman–Crippen MR) is 72.5 cm³/mol. The van der Waals surface area contributed by atoms with E-state index in [-0.39, 0.29) is 6.54 Å². The van der Waals surface area contributed by atoms with Gasteiger partial charge in [0.1, 0.15) is 5.52 Å². The molecule has 0 fully saturated rings. The van der Waals surface area contributed by atoms with Crippen molar-refractivity contribution in [1.82, 2.24) is 19.3 Å². The van der Waals surface area contributed by atoms with E-state index in [0.29, 0.717) is 23.7 Å². The molecule has 2 aromatic rings. The van der Waals surface area contributed by atoms with Gasteiger partial charge in [0.2, 0.25) is 16.0 Å². The maximum atomic E-state index is 11.0. The van der Waals surface area contributed by atoms with E-state index in [2.05, 4.69) is 30.6 Å². The fraction of sp³-hybridized carbons (Fsp3) is 0.333. The van der Waals surface area contributed by atoms with E-state index in [1.165, 1.54) is 0 Å². The summed E-state index contributed by atoms with van der Waals surface area (Å²) in [5.74, 6) is 0.311. The van der Waals surface area contributed by atoms with Crippen molar-refractivity contribution in [3.8, 4) is 0 Å². The number of nitrogens with two attached hydrogens (primary N) is 1. The van der Waals surface area contributed by atoms with Gasteiger partial charge in [0.05, 0.1) is 6.26 Å². The van der Waals surface area contributed by atoms with Crippen molar-refractivity contribution in [2.45, 2.75) is 6.54 Å². The topological polar surface area (TPSA) is 103 Å². The minimum absolute atomic E-state index is 0.242. The summed E-state index contributed by atoms with van der Waals surface area (Å²) < 4.78 is 26.8. The largest absolute Gasteiger partial charge is 0.369 e. The van der Waals surface area contributed by atoms with Gasteiger partial charge in [-0.05, 0) is 22.0 Å². The Labute approximate surface area is 113 Å². The molecule has 0 aliphatic heterocycles. The number of fused-ring (bicyclic) bond motifs is 1. The number of rotatable bonds is 4. The third-order valence-electron chi connectivity index (χ3n) is 2.28. The highest BCUT2D eigenvalue weighted by Gasteiger charge is 2.10. The molecule has 9 heteroatoms. The number of sulfonamides is 1. The fourth-order valence-corrected chi connectivity index (χ4v) is 2.35. The molecule has 0 saturated carbocycles. The lowest BCUT2D eigenvalue weighted by Gasteiger charge is -2.06. The van der Waals surface area contributed by atoms with Crippen LogP contribution in [0.3, 0.4) is 0 Å². The van der Waals surface area contributed by atoms with E-state index in [1.807, 2.05) is 0 Å². The molecule has 3 N–H and O–H groups in total. The number of anilines is 1. The number of pyridine rings is 1. The van der Waals surface area contributed by atoms with Gasteiger partial charge in [0.15, 0.2) is 5.65 Å². The van der Waals surface area contributed by atoms with Gasteiger partial charge in [-0.1, -0.05) is 0 Å². The van der Waals surface area contributed by atoms with Crippen LogP contribution < -0.4 is 10.5 Å². The number of hydrogen-bond acceptors (Lipinski definition) is 5. The molecule has 0 aliphatic carbocycles. The first kappa shape index (κ1) is 13.2. The van der Waals surface area contributed by atoms with Crippen molar-refractivity contribution in [2.75, 3.05) is 18.5 Å². The molecule has 98 valence electrons. The number of nitrogens with one attached hydrogen (secondary N) is 1. The van der Waals surface area contributed by atoms with Gasteiger partial charge >= 0.3 is 0 Å². The zero-order valence-corrected chi connectivity index (χ0v) is 12.0. The standard InChI is InChI=1S/C9H12BrN5O2S/c1-18(16,17)13-2-3-15-8-7(14-9(15)11)4-6(10)5-12-8/h4-5,13H,2-3H2,1H3,(H2,11,14). The second-order valence-electron chi connectivity index (χ2n) is 3.78. The number of nitrogens with zero attached hydrogens (tertiary/aromatic N) is 3. The minimum atomic E-state index is -3.20. The second kappa shape index (κ2) is 4.82. The zero-order valence-electron chi connectivity index (χ0n) is 9.59. The second-order valence-corrected chi connectivity index (χ2v) is 6.53. The molecule has 2 heterocycles. The lowest BCUT2D eigenvalue weighted by atomic mass is 10.4. The summed E-state index contributed by atoms with van der Waals surface area (Å²) in [4.78, 5) is 8.37. The van der Waals surface area contributed by atoms with Crippen molar-refractivity contribution < 1.29 is 8.42 Å². The van der Waals surface area contributed by atoms with Crippen molar-refractivity contribution in [3.05, 3.63) is 16.7 Å². The molecule has 0 radical (unpaired) electrons. The van der Waals surface area contributed by atoms with Crippen LogP contribution in [0.5, 0.6) is 0 Å². The molecule has 0 atom stereocenters. The van der Waals surface area contributed by atoms with Gasteiger partial charge in [0.25, 0.3) is 0 Å². The molecule has 0 amide bonds. The first-order valence-electron chi connectivity index (χ1n) is 5.09. The van der Waals surface area contributed by atoms with E-state index < -0.39 is 10.0 Å². The van der Waals surface area contributed by atoms with Crippen LogP contribution in [0.15, 0.2) is 16.7 Å². The third kappa shape index (κ3) is 2.98. The summed E-state index contributed by atoms with van der Waals surface area (Å²) in [5, 5.41) is 0. The highest BCUT2D eigenvalue weighted by molar-refractivity contribution is 9.10. The van der Waals surface area contributed by atoms with Crippen molar-refractivity contribution in [1.29, 1.82) is 0 Å². The van der Waals surface area contributed by atoms with E-state index in [4.69, 9.17) is 5.73 Å². The highest BCUT2D eigenvalue weighted by atomic mass is 79.9. The normalized spacial score (nSPS) is 12.1. The summed E-state index contributed by atoms with van der Waals surface area (Å²) in [6.07, 6.45) is 2.75. The maximum absolute atomic E-state index is 11.0. The molecule has 0 unspecified atom stereocenters. The summed E-state index contributed by atoms with van der Waals surface area (Å²) in [6.45, 7) is 0.621. The van der Waals surface area contributed by atoms with Crippen molar-refractivity contribution >= 4 is 43.1 Å². The molecule has 0 aliphatic rings. The van der Waals surface area contributed by atoms with Gasteiger partial charge in [-0.15, -0.1) is 0 Å². The third-order valence-corrected chi connectivity index (χ3v) is 3.44.